The average Bonchev–Trinajstić information content (AvgIpc) is 3.43. The molecule has 0 aromatic heterocycles. The topological polar surface area (TPSA) is 19.0 Å². The number of rotatable bonds is 15. The molecule has 4 nitrogen and oxygen atoms in total. The minimum absolute atomic E-state index is 0.781. The third kappa shape index (κ3) is 9.15. The Balaban J connectivity index is 0.954. The van der Waals surface area contributed by atoms with Gasteiger partial charge in [0, 0.05) is 50.3 Å². The molecule has 0 saturated heterocycles. The molecule has 0 aliphatic rings. The molecule has 0 unspecified atom stereocenters. The summed E-state index contributed by atoms with van der Waals surface area (Å²) in [6.45, 7) is 6.31. The summed E-state index contributed by atoms with van der Waals surface area (Å²) in [6.07, 6.45) is 6.00. The van der Waals surface area contributed by atoms with Gasteiger partial charge in [0.05, 0.1) is 17.1 Å². The lowest BCUT2D eigenvalue weighted by Gasteiger charge is -2.30. The van der Waals surface area contributed by atoms with Crippen LogP contribution in [0.5, 0.6) is 11.5 Å². The molecule has 11 aromatic rings. The first-order chi connectivity index (χ1) is 35.1. The van der Waals surface area contributed by atoms with Crippen molar-refractivity contribution in [1.82, 2.24) is 0 Å². The van der Waals surface area contributed by atoms with E-state index in [1.54, 1.807) is 0 Å². The minimum atomic E-state index is 0.781. The molecule has 0 heterocycles. The first-order valence-electron chi connectivity index (χ1n) is 24.4. The van der Waals surface area contributed by atoms with E-state index in [-0.39, 0.29) is 0 Å². The van der Waals surface area contributed by atoms with Crippen LogP contribution in [-0.4, -0.2) is 0 Å². The first-order valence-corrected chi connectivity index (χ1v) is 24.4. The molecule has 0 aliphatic carbocycles. The van der Waals surface area contributed by atoms with Gasteiger partial charge in [-0.25, -0.2) is 0 Å². The van der Waals surface area contributed by atoms with Gasteiger partial charge in [0.15, 0.2) is 0 Å². The van der Waals surface area contributed by atoms with Crippen molar-refractivity contribution in [2.45, 2.75) is 19.8 Å². The summed E-state index contributed by atoms with van der Waals surface area (Å²) in [5, 5.41) is 7.15. The fourth-order valence-corrected chi connectivity index (χ4v) is 9.83. The molecule has 11 rings (SSSR count). The van der Waals surface area contributed by atoms with Crippen LogP contribution in [0.25, 0.3) is 43.4 Å². The Labute approximate surface area is 416 Å². The monoisotopic (exact) mass is 915 g/mol. The van der Waals surface area contributed by atoms with E-state index < -0.39 is 0 Å². The van der Waals surface area contributed by atoms with Crippen LogP contribution in [0.2, 0.25) is 0 Å². The molecule has 0 fully saturated rings. The summed E-state index contributed by atoms with van der Waals surface area (Å²) in [5.74, 6) is 1.59. The Kier molecular flexibility index (Phi) is 12.6. The van der Waals surface area contributed by atoms with E-state index in [0.717, 1.165) is 81.0 Å². The summed E-state index contributed by atoms with van der Waals surface area (Å²) < 4.78 is 6.22. The lowest BCUT2D eigenvalue weighted by molar-refractivity contribution is 0.483. The van der Waals surface area contributed by atoms with Crippen LogP contribution >= 0.6 is 0 Å². The third-order valence-electron chi connectivity index (χ3n) is 13.2. The normalized spacial score (nSPS) is 11.4. The number of fused-ring (bicyclic) bond motifs is 3. The zero-order valence-electron chi connectivity index (χ0n) is 39.8. The highest BCUT2D eigenvalue weighted by molar-refractivity contribution is 6.01. The second-order valence-electron chi connectivity index (χ2n) is 17.7. The van der Waals surface area contributed by atoms with Gasteiger partial charge in [-0.05, 0) is 143 Å². The van der Waals surface area contributed by atoms with Gasteiger partial charge in [-0.15, -0.1) is 0 Å². The van der Waals surface area contributed by atoms with Crippen LogP contribution in [0.15, 0.2) is 279 Å². The maximum absolute atomic E-state index is 6.22. The molecule has 0 N–H and O–H groups in total. The van der Waals surface area contributed by atoms with E-state index in [1.807, 2.05) is 48.5 Å². The van der Waals surface area contributed by atoms with Crippen molar-refractivity contribution in [1.29, 1.82) is 0 Å². The summed E-state index contributed by atoms with van der Waals surface area (Å²) in [4.78, 5) is 7.11. The summed E-state index contributed by atoms with van der Waals surface area (Å²) in [6, 6.07) is 90.6. The van der Waals surface area contributed by atoms with Gasteiger partial charge in [0.2, 0.25) is 0 Å². The fraction of sp³-hybridized carbons (Fsp3) is 0.0448. The molecule has 0 bridgehead atoms. The highest BCUT2D eigenvalue weighted by Gasteiger charge is 2.21. The maximum Gasteiger partial charge on any atom is 0.127 e. The fourth-order valence-electron chi connectivity index (χ4n) is 9.83. The van der Waals surface area contributed by atoms with Crippen LogP contribution in [0, 0.1) is 0 Å². The van der Waals surface area contributed by atoms with Crippen LogP contribution in [-0.2, 0) is 0 Å². The summed E-state index contributed by atoms with van der Waals surface area (Å²) in [7, 11) is 0. The van der Waals surface area contributed by atoms with Crippen molar-refractivity contribution in [3.63, 3.8) is 0 Å². The first kappa shape index (κ1) is 44.4. The molecular weight excluding hydrogens is 863 g/mol. The quantitative estimate of drug-likeness (QED) is 0.0954. The molecule has 0 spiro atoms. The van der Waals surface area contributed by atoms with Gasteiger partial charge >= 0.3 is 0 Å². The zero-order valence-corrected chi connectivity index (χ0v) is 39.8. The van der Waals surface area contributed by atoms with Crippen molar-refractivity contribution in [3.8, 4) is 22.6 Å². The van der Waals surface area contributed by atoms with E-state index in [2.05, 4.69) is 247 Å². The van der Waals surface area contributed by atoms with E-state index in [9.17, 15) is 0 Å². The molecule has 0 saturated carbocycles. The number of hydrogen-bond donors (Lipinski definition) is 0. The molecule has 11 aromatic carbocycles. The van der Waals surface area contributed by atoms with E-state index >= 15 is 0 Å². The van der Waals surface area contributed by atoms with Gasteiger partial charge in [0.1, 0.15) is 11.5 Å². The standard InChI is InChI=1S/C67H53N3O/c1-3-17-54(18-4-2)68(65-30-14-22-51-19-8-11-27-62(51)65)55-37-33-49(34-38-55)50-35-39-56(40-36-50)69(66-31-15-23-52-20-9-12-28-63(52)66)57-41-43-58(44-42-57)70(67-32-16-24-53-21-10-13-29-64(53)67)59-45-47-61(48-46-59)71-60-25-6-5-7-26-60/h3,5-17,19-48H,1,4,18H2,2H3/b54-17+. The van der Waals surface area contributed by atoms with Crippen molar-refractivity contribution in [2.75, 3.05) is 14.7 Å². The molecule has 342 valence electrons. The number of allylic oxidation sites excluding steroid dienone is 3. The van der Waals surface area contributed by atoms with Crippen molar-refractivity contribution >= 4 is 77.8 Å². The van der Waals surface area contributed by atoms with E-state index in [0.29, 0.717) is 0 Å². The van der Waals surface area contributed by atoms with Crippen LogP contribution in [0.3, 0.4) is 0 Å². The van der Waals surface area contributed by atoms with Crippen LogP contribution < -0.4 is 19.4 Å². The maximum atomic E-state index is 6.22. The van der Waals surface area contributed by atoms with Crippen LogP contribution in [0.1, 0.15) is 19.8 Å². The van der Waals surface area contributed by atoms with Gasteiger partial charge < -0.3 is 19.4 Å². The Morgan fingerprint density at radius 2 is 0.746 bits per heavy atom. The summed E-state index contributed by atoms with van der Waals surface area (Å²) >= 11 is 0. The average molecular weight is 916 g/mol. The lowest BCUT2D eigenvalue weighted by atomic mass is 10.0. The SMILES string of the molecule is C=C/C=C(\CCC)N(c1ccc(-c2ccc(N(c3ccc(N(c4ccc(Oc5ccccc5)cc4)c4cccc5ccccc45)cc3)c3cccc4ccccc34)cc2)cc1)c1cccc2ccccc12. The molecule has 0 atom stereocenters. The molecule has 0 aliphatic heterocycles. The number of para-hydroxylation sites is 1. The Morgan fingerprint density at radius 3 is 1.21 bits per heavy atom. The van der Waals surface area contributed by atoms with Gasteiger partial charge in [-0.1, -0.05) is 178 Å². The number of anilines is 8. The van der Waals surface area contributed by atoms with E-state index in [1.165, 1.54) is 38.0 Å². The zero-order chi connectivity index (χ0) is 47.9. The largest absolute Gasteiger partial charge is 0.457 e. The smallest absolute Gasteiger partial charge is 0.127 e. The second-order valence-corrected chi connectivity index (χ2v) is 17.7. The predicted octanol–water partition coefficient (Wildman–Crippen LogP) is 19.6. The molecule has 0 radical (unpaired) electrons. The Morgan fingerprint density at radius 1 is 0.380 bits per heavy atom. The predicted molar refractivity (Wildman–Crippen MR) is 302 cm³/mol. The Hall–Kier alpha value is -9.12. The van der Waals surface area contributed by atoms with E-state index in [4.69, 9.17) is 4.74 Å². The Bertz CT molecular complexity index is 3620. The van der Waals surface area contributed by atoms with Crippen molar-refractivity contribution in [3.05, 3.63) is 279 Å². The number of benzene rings is 11. The van der Waals surface area contributed by atoms with Crippen molar-refractivity contribution in [2.24, 2.45) is 0 Å². The van der Waals surface area contributed by atoms with Gasteiger partial charge in [-0.3, -0.25) is 0 Å². The van der Waals surface area contributed by atoms with Gasteiger partial charge in [-0.2, -0.15) is 0 Å². The minimum Gasteiger partial charge on any atom is -0.457 e. The van der Waals surface area contributed by atoms with Crippen molar-refractivity contribution < 1.29 is 4.74 Å². The highest BCUT2D eigenvalue weighted by Crippen LogP contribution is 2.44. The molecule has 0 amide bonds. The molecular formula is C67H53N3O. The number of nitrogens with zero attached hydrogens (tertiary/aromatic N) is 3. The second kappa shape index (κ2) is 20.2. The van der Waals surface area contributed by atoms with Crippen LogP contribution in [0.4, 0.5) is 45.5 Å². The summed E-state index contributed by atoms with van der Waals surface area (Å²) in [5.41, 5.74) is 12.2. The molecule has 4 heteroatoms. The highest BCUT2D eigenvalue weighted by atomic mass is 16.5. The third-order valence-corrected chi connectivity index (χ3v) is 13.2. The number of hydrogen-bond acceptors (Lipinski definition) is 4. The lowest BCUT2D eigenvalue weighted by Crippen LogP contribution is -2.16. The molecule has 71 heavy (non-hydrogen) atoms. The number of ether oxygens (including phenoxy) is 1. The van der Waals surface area contributed by atoms with Gasteiger partial charge in [0.25, 0.3) is 0 Å².